The molecular formula is C15H21ClN4S. The van der Waals surface area contributed by atoms with Gasteiger partial charge in [-0.15, -0.1) is 11.3 Å². The first-order valence-corrected chi connectivity index (χ1v) is 8.75. The summed E-state index contributed by atoms with van der Waals surface area (Å²) in [7, 11) is 2.17. The fourth-order valence-electron chi connectivity index (χ4n) is 2.96. The predicted octanol–water partition coefficient (Wildman–Crippen LogP) is 3.26. The van der Waals surface area contributed by atoms with Crippen molar-refractivity contribution in [3.05, 3.63) is 22.4 Å². The number of halogens is 1. The third-order valence-corrected chi connectivity index (χ3v) is 5.44. The Kier molecular flexibility index (Phi) is 4.74. The van der Waals surface area contributed by atoms with Crippen molar-refractivity contribution in [1.82, 2.24) is 19.8 Å². The van der Waals surface area contributed by atoms with Crippen LogP contribution in [-0.2, 0) is 6.54 Å². The van der Waals surface area contributed by atoms with Crippen molar-refractivity contribution < 1.29 is 0 Å². The molecule has 3 heterocycles. The lowest BCUT2D eigenvalue weighted by Crippen LogP contribution is -2.43. The maximum atomic E-state index is 6.24. The lowest BCUT2D eigenvalue weighted by Gasteiger charge is -2.36. The summed E-state index contributed by atoms with van der Waals surface area (Å²) in [6, 6.07) is 2.60. The normalized spacial score (nSPS) is 17.9. The molecule has 1 aliphatic rings. The van der Waals surface area contributed by atoms with Gasteiger partial charge in [0, 0.05) is 11.4 Å². The fourth-order valence-corrected chi connectivity index (χ4v) is 4.05. The zero-order valence-corrected chi connectivity index (χ0v) is 14.1. The van der Waals surface area contributed by atoms with E-state index in [9.17, 15) is 0 Å². The van der Waals surface area contributed by atoms with E-state index in [4.69, 9.17) is 11.6 Å². The van der Waals surface area contributed by atoms with Crippen LogP contribution in [0.5, 0.6) is 0 Å². The highest BCUT2D eigenvalue weighted by Gasteiger charge is 2.22. The number of rotatable bonds is 4. The van der Waals surface area contributed by atoms with Crippen LogP contribution < -0.4 is 0 Å². The minimum absolute atomic E-state index is 0.574. The van der Waals surface area contributed by atoms with Crippen molar-refractivity contribution in [2.45, 2.75) is 32.4 Å². The number of hydrogen-bond donors (Lipinski definition) is 0. The highest BCUT2D eigenvalue weighted by Crippen LogP contribution is 2.25. The number of hydrogen-bond acceptors (Lipinski definition) is 5. The second-order valence-electron chi connectivity index (χ2n) is 5.65. The monoisotopic (exact) mass is 324 g/mol. The van der Waals surface area contributed by atoms with Crippen molar-refractivity contribution in [2.75, 3.05) is 26.7 Å². The molecule has 114 valence electrons. The number of likely N-dealkylation sites (tertiary alicyclic amines) is 1. The van der Waals surface area contributed by atoms with Crippen molar-refractivity contribution in [3.8, 4) is 0 Å². The first-order valence-electron chi connectivity index (χ1n) is 7.49. The van der Waals surface area contributed by atoms with Gasteiger partial charge in [0.25, 0.3) is 0 Å². The van der Waals surface area contributed by atoms with Crippen LogP contribution in [0, 0.1) is 0 Å². The Morgan fingerprint density at radius 3 is 2.86 bits per heavy atom. The number of thiophene rings is 1. The topological polar surface area (TPSA) is 32.3 Å². The second-order valence-corrected chi connectivity index (χ2v) is 6.90. The molecule has 0 spiro atoms. The van der Waals surface area contributed by atoms with Gasteiger partial charge >= 0.3 is 0 Å². The summed E-state index contributed by atoms with van der Waals surface area (Å²) in [5, 5.41) is 3.55. The minimum Gasteiger partial charge on any atom is -0.303 e. The standard InChI is InChI=1S/C15H21ClN4S/c1-3-20-7-4-11(5-8-20)19(2)10-13-17-14(16)12-6-9-21-15(12)18-13/h6,9,11H,3-5,7-8,10H2,1-2H3. The van der Waals surface area contributed by atoms with Crippen LogP contribution in [0.25, 0.3) is 10.2 Å². The van der Waals surface area contributed by atoms with E-state index in [1.165, 1.54) is 25.9 Å². The van der Waals surface area contributed by atoms with Crippen LogP contribution in [0.3, 0.4) is 0 Å². The van der Waals surface area contributed by atoms with Crippen LogP contribution in [-0.4, -0.2) is 52.5 Å². The van der Waals surface area contributed by atoms with Gasteiger partial charge in [0.1, 0.15) is 15.8 Å². The van der Waals surface area contributed by atoms with E-state index in [1.54, 1.807) is 11.3 Å². The van der Waals surface area contributed by atoms with Crippen LogP contribution in [0.1, 0.15) is 25.6 Å². The van der Waals surface area contributed by atoms with E-state index < -0.39 is 0 Å². The Hall–Kier alpha value is -0.750. The molecule has 3 rings (SSSR count). The van der Waals surface area contributed by atoms with Gasteiger partial charge < -0.3 is 4.90 Å². The molecule has 0 atom stereocenters. The molecule has 0 unspecified atom stereocenters. The zero-order chi connectivity index (χ0) is 14.8. The molecule has 0 aliphatic carbocycles. The molecule has 0 N–H and O–H groups in total. The van der Waals surface area contributed by atoms with Gasteiger partial charge in [0.15, 0.2) is 0 Å². The molecule has 1 aliphatic heterocycles. The first kappa shape index (κ1) is 15.2. The molecule has 0 amide bonds. The molecule has 0 bridgehead atoms. The fraction of sp³-hybridized carbons (Fsp3) is 0.600. The molecule has 0 saturated carbocycles. The largest absolute Gasteiger partial charge is 0.303 e. The molecular weight excluding hydrogens is 304 g/mol. The molecule has 2 aromatic rings. The molecule has 1 fully saturated rings. The third kappa shape index (κ3) is 3.37. The summed E-state index contributed by atoms with van der Waals surface area (Å²) in [5.41, 5.74) is 0. The summed E-state index contributed by atoms with van der Waals surface area (Å²) in [4.78, 5) is 14.9. The number of nitrogens with zero attached hydrogens (tertiary/aromatic N) is 4. The van der Waals surface area contributed by atoms with Crippen LogP contribution in [0.4, 0.5) is 0 Å². The number of aromatic nitrogens is 2. The maximum Gasteiger partial charge on any atom is 0.145 e. The maximum absolute atomic E-state index is 6.24. The molecule has 6 heteroatoms. The van der Waals surface area contributed by atoms with Crippen LogP contribution in [0.2, 0.25) is 5.15 Å². The van der Waals surface area contributed by atoms with Crippen molar-refractivity contribution >= 4 is 33.2 Å². The highest BCUT2D eigenvalue weighted by atomic mass is 35.5. The number of piperidine rings is 1. The van der Waals surface area contributed by atoms with Gasteiger partial charge in [-0.05, 0) is 51.0 Å². The Balaban J connectivity index is 1.67. The second kappa shape index (κ2) is 6.57. The molecule has 0 radical (unpaired) electrons. The molecule has 21 heavy (non-hydrogen) atoms. The summed E-state index contributed by atoms with van der Waals surface area (Å²) in [6.45, 7) is 6.54. The van der Waals surface area contributed by atoms with Crippen LogP contribution >= 0.6 is 22.9 Å². The lowest BCUT2D eigenvalue weighted by molar-refractivity contribution is 0.125. The smallest absolute Gasteiger partial charge is 0.145 e. The Morgan fingerprint density at radius 1 is 1.38 bits per heavy atom. The van der Waals surface area contributed by atoms with E-state index in [1.807, 2.05) is 11.4 Å². The Morgan fingerprint density at radius 2 is 2.14 bits per heavy atom. The summed E-state index contributed by atoms with van der Waals surface area (Å²) >= 11 is 7.86. The zero-order valence-electron chi connectivity index (χ0n) is 12.5. The van der Waals surface area contributed by atoms with Gasteiger partial charge in [-0.2, -0.15) is 0 Å². The Bertz CT molecular complexity index is 607. The summed E-state index contributed by atoms with van der Waals surface area (Å²) in [5.74, 6) is 0.829. The quantitative estimate of drug-likeness (QED) is 0.808. The van der Waals surface area contributed by atoms with Crippen molar-refractivity contribution in [2.24, 2.45) is 0 Å². The number of fused-ring (bicyclic) bond motifs is 1. The molecule has 4 nitrogen and oxygen atoms in total. The highest BCUT2D eigenvalue weighted by molar-refractivity contribution is 7.16. The van der Waals surface area contributed by atoms with E-state index in [-0.39, 0.29) is 0 Å². The van der Waals surface area contributed by atoms with Gasteiger partial charge in [-0.3, -0.25) is 4.90 Å². The first-order chi connectivity index (χ1) is 10.2. The summed E-state index contributed by atoms with van der Waals surface area (Å²) < 4.78 is 0. The molecule has 1 saturated heterocycles. The van der Waals surface area contributed by atoms with E-state index >= 15 is 0 Å². The molecule has 2 aromatic heterocycles. The van der Waals surface area contributed by atoms with Gasteiger partial charge in [-0.25, -0.2) is 9.97 Å². The van der Waals surface area contributed by atoms with E-state index in [0.29, 0.717) is 11.2 Å². The van der Waals surface area contributed by atoms with Gasteiger partial charge in [-0.1, -0.05) is 18.5 Å². The average Bonchev–Trinajstić information content (AvgIpc) is 2.96. The summed E-state index contributed by atoms with van der Waals surface area (Å²) in [6.07, 6.45) is 2.44. The van der Waals surface area contributed by atoms with Gasteiger partial charge in [0.2, 0.25) is 0 Å². The minimum atomic E-state index is 0.574. The third-order valence-electron chi connectivity index (χ3n) is 4.34. The van der Waals surface area contributed by atoms with E-state index in [0.717, 1.165) is 29.1 Å². The predicted molar refractivity (Wildman–Crippen MR) is 89.0 cm³/mol. The average molecular weight is 325 g/mol. The molecule has 0 aromatic carbocycles. The lowest BCUT2D eigenvalue weighted by atomic mass is 10.0. The van der Waals surface area contributed by atoms with Crippen molar-refractivity contribution in [3.63, 3.8) is 0 Å². The van der Waals surface area contributed by atoms with Crippen LogP contribution in [0.15, 0.2) is 11.4 Å². The van der Waals surface area contributed by atoms with E-state index in [2.05, 4.69) is 33.7 Å². The van der Waals surface area contributed by atoms with Gasteiger partial charge in [0.05, 0.1) is 6.54 Å². The Labute approximate surface area is 134 Å². The van der Waals surface area contributed by atoms with Crippen molar-refractivity contribution in [1.29, 1.82) is 0 Å². The SMILES string of the molecule is CCN1CCC(N(C)Cc2nc(Cl)c3ccsc3n2)CC1.